The van der Waals surface area contributed by atoms with Crippen LogP contribution in [0.2, 0.25) is 0 Å². The Balaban J connectivity index is 2.45. The first-order valence-electron chi connectivity index (χ1n) is 10.4. The summed E-state index contributed by atoms with van der Waals surface area (Å²) in [7, 11) is 0. The maximum Gasteiger partial charge on any atom is 0.348 e. The Morgan fingerprint density at radius 2 is 1.86 bits per heavy atom. The third kappa shape index (κ3) is 5.35. The molecule has 1 fully saturated rings. The van der Waals surface area contributed by atoms with Gasteiger partial charge in [0.25, 0.3) is 0 Å². The molecule has 1 aromatic rings. The number of carbonyl (C=O) groups is 2. The van der Waals surface area contributed by atoms with Crippen LogP contribution < -0.4 is 4.90 Å². The van der Waals surface area contributed by atoms with Gasteiger partial charge in [-0.3, -0.25) is 4.79 Å². The Labute approximate surface area is 172 Å². The number of nitrogens with zero attached hydrogens (tertiary/aromatic N) is 1. The number of aliphatic hydroxyl groups is 1. The van der Waals surface area contributed by atoms with Crippen molar-refractivity contribution in [1.82, 2.24) is 0 Å². The number of hydrogen-bond donors (Lipinski definition) is 2. The fraction of sp³-hybridized carbons (Fsp3) is 0.727. The Bertz CT molecular complexity index is 683. The van der Waals surface area contributed by atoms with E-state index in [4.69, 9.17) is 0 Å². The summed E-state index contributed by atoms with van der Waals surface area (Å²) in [5, 5.41) is 19.1. The van der Waals surface area contributed by atoms with Crippen LogP contribution in [-0.4, -0.2) is 34.7 Å². The largest absolute Gasteiger partial charge is 0.477 e. The van der Waals surface area contributed by atoms with Crippen LogP contribution in [0.5, 0.6) is 0 Å². The molecule has 5 nitrogen and oxygen atoms in total. The number of carbonyl (C=O) groups excluding carboxylic acids is 1. The average Bonchev–Trinajstić information content (AvgIpc) is 3.06. The zero-order valence-electron chi connectivity index (χ0n) is 17.8. The molecule has 0 aromatic carbocycles. The first-order chi connectivity index (χ1) is 13.1. The fourth-order valence-corrected chi connectivity index (χ4v) is 4.92. The Hall–Kier alpha value is -1.40. The highest BCUT2D eigenvalue weighted by atomic mass is 32.1. The van der Waals surface area contributed by atoms with Gasteiger partial charge in [0.05, 0.1) is 5.69 Å². The molecule has 1 aliphatic rings. The van der Waals surface area contributed by atoms with Crippen LogP contribution in [0.1, 0.15) is 87.7 Å². The second-order valence-electron chi connectivity index (χ2n) is 9.26. The molecule has 2 N–H and O–H groups in total. The smallest absolute Gasteiger partial charge is 0.348 e. The van der Waals surface area contributed by atoms with Gasteiger partial charge >= 0.3 is 5.97 Å². The monoisotopic (exact) mass is 409 g/mol. The van der Waals surface area contributed by atoms with Crippen LogP contribution in [0, 0.1) is 11.8 Å². The summed E-state index contributed by atoms with van der Waals surface area (Å²) >= 11 is 1.27. The van der Waals surface area contributed by atoms with Gasteiger partial charge < -0.3 is 15.1 Å². The molecular weight excluding hydrogens is 374 g/mol. The SMILES string of the molecule is CC1CCC(C(=O)N(c2cc(C(C)(C)C)sc2C(=O)O)C(C)CCCO)CC1. The zero-order chi connectivity index (χ0) is 21.1. The van der Waals surface area contributed by atoms with E-state index in [2.05, 4.69) is 27.7 Å². The van der Waals surface area contributed by atoms with Gasteiger partial charge in [-0.25, -0.2) is 4.79 Å². The highest BCUT2D eigenvalue weighted by Crippen LogP contribution is 2.40. The minimum absolute atomic E-state index is 0.0399. The predicted molar refractivity (Wildman–Crippen MR) is 114 cm³/mol. The normalized spacial score (nSPS) is 21.4. The van der Waals surface area contributed by atoms with Crippen molar-refractivity contribution in [2.24, 2.45) is 11.8 Å². The number of carboxylic acid groups (broad SMARTS) is 1. The van der Waals surface area contributed by atoms with Crippen LogP contribution in [0.4, 0.5) is 5.69 Å². The van der Waals surface area contributed by atoms with Crippen LogP contribution in [0.15, 0.2) is 6.07 Å². The van der Waals surface area contributed by atoms with Gasteiger partial charge in [0.15, 0.2) is 0 Å². The molecule has 2 rings (SSSR count). The Morgan fingerprint density at radius 3 is 2.36 bits per heavy atom. The number of aliphatic hydroxyl groups excluding tert-OH is 1. The van der Waals surface area contributed by atoms with E-state index in [0.29, 0.717) is 24.4 Å². The number of hydrogen-bond acceptors (Lipinski definition) is 4. The molecule has 1 amide bonds. The van der Waals surface area contributed by atoms with E-state index < -0.39 is 5.97 Å². The van der Waals surface area contributed by atoms with E-state index in [-0.39, 0.29) is 34.8 Å². The van der Waals surface area contributed by atoms with Crippen LogP contribution in [0.25, 0.3) is 0 Å². The lowest BCUT2D eigenvalue weighted by Crippen LogP contribution is -2.44. The molecule has 1 atom stereocenters. The zero-order valence-corrected chi connectivity index (χ0v) is 18.6. The van der Waals surface area contributed by atoms with Crippen LogP contribution in [0.3, 0.4) is 0 Å². The minimum atomic E-state index is -0.986. The standard InChI is InChI=1S/C22H35NO4S/c1-14-8-10-16(11-9-14)20(25)23(15(2)7-6-12-24)17-13-18(22(3,4)5)28-19(17)21(26)27/h13-16,24H,6-12H2,1-5H3,(H,26,27). The maximum atomic E-state index is 13.5. The first-order valence-corrected chi connectivity index (χ1v) is 11.2. The quantitative estimate of drug-likeness (QED) is 0.659. The van der Waals surface area contributed by atoms with E-state index in [9.17, 15) is 19.8 Å². The van der Waals surface area contributed by atoms with Crippen molar-refractivity contribution in [3.05, 3.63) is 15.8 Å². The van der Waals surface area contributed by atoms with Gasteiger partial charge in [-0.05, 0) is 62.8 Å². The second kappa shape index (κ2) is 9.40. The van der Waals surface area contributed by atoms with Crippen LogP contribution in [-0.2, 0) is 10.2 Å². The Kier molecular flexibility index (Phi) is 7.68. The summed E-state index contributed by atoms with van der Waals surface area (Å²) in [6, 6.07) is 1.74. The molecule has 0 saturated heterocycles. The number of aromatic carboxylic acids is 1. The fourth-order valence-electron chi connectivity index (χ4n) is 3.88. The van der Waals surface area contributed by atoms with Crippen molar-refractivity contribution in [2.75, 3.05) is 11.5 Å². The van der Waals surface area contributed by atoms with E-state index in [0.717, 1.165) is 30.6 Å². The highest BCUT2D eigenvalue weighted by Gasteiger charge is 2.35. The number of rotatable bonds is 7. The van der Waals surface area contributed by atoms with Crippen molar-refractivity contribution < 1.29 is 19.8 Å². The molecule has 1 saturated carbocycles. The summed E-state index contributed by atoms with van der Waals surface area (Å²) < 4.78 is 0. The Morgan fingerprint density at radius 1 is 1.25 bits per heavy atom. The predicted octanol–water partition coefficient (Wildman–Crippen LogP) is 5.06. The highest BCUT2D eigenvalue weighted by molar-refractivity contribution is 7.14. The van der Waals surface area contributed by atoms with Gasteiger partial charge in [-0.2, -0.15) is 0 Å². The number of thiophene rings is 1. The molecule has 158 valence electrons. The van der Waals surface area contributed by atoms with Gasteiger partial charge in [-0.15, -0.1) is 11.3 Å². The summed E-state index contributed by atoms with van der Waals surface area (Å²) in [6.07, 6.45) is 5.04. The van der Waals surface area contributed by atoms with Crippen molar-refractivity contribution >= 4 is 28.9 Å². The van der Waals surface area contributed by atoms with Gasteiger partial charge in [0.1, 0.15) is 4.88 Å². The molecule has 0 spiro atoms. The molecule has 6 heteroatoms. The molecule has 0 radical (unpaired) electrons. The lowest BCUT2D eigenvalue weighted by molar-refractivity contribution is -0.124. The molecule has 1 aliphatic carbocycles. The molecular formula is C22H35NO4S. The minimum Gasteiger partial charge on any atom is -0.477 e. The van der Waals surface area contributed by atoms with Crippen molar-refractivity contribution in [3.63, 3.8) is 0 Å². The second-order valence-corrected chi connectivity index (χ2v) is 10.3. The van der Waals surface area contributed by atoms with Crippen molar-refractivity contribution in [2.45, 2.75) is 84.6 Å². The molecule has 0 aliphatic heterocycles. The van der Waals surface area contributed by atoms with Gasteiger partial charge in [-0.1, -0.05) is 27.7 Å². The van der Waals surface area contributed by atoms with Crippen LogP contribution >= 0.6 is 11.3 Å². The molecule has 28 heavy (non-hydrogen) atoms. The number of anilines is 1. The van der Waals surface area contributed by atoms with Crippen molar-refractivity contribution in [1.29, 1.82) is 0 Å². The lowest BCUT2D eigenvalue weighted by atomic mass is 9.82. The topological polar surface area (TPSA) is 77.8 Å². The van der Waals surface area contributed by atoms with E-state index >= 15 is 0 Å². The lowest BCUT2D eigenvalue weighted by Gasteiger charge is -2.35. The van der Waals surface area contributed by atoms with E-state index in [1.165, 1.54) is 11.3 Å². The maximum absolute atomic E-state index is 13.5. The van der Waals surface area contributed by atoms with Gasteiger partial charge in [0, 0.05) is 23.4 Å². The summed E-state index contributed by atoms with van der Waals surface area (Å²) in [5.41, 5.74) is 0.340. The first kappa shape index (κ1) is 22.9. The number of carboxylic acids is 1. The van der Waals surface area contributed by atoms with Gasteiger partial charge in [0.2, 0.25) is 5.91 Å². The molecule has 1 aromatic heterocycles. The summed E-state index contributed by atoms with van der Waals surface area (Å²) in [4.78, 5) is 28.4. The summed E-state index contributed by atoms with van der Waals surface area (Å²) in [5.74, 6) is -0.349. The van der Waals surface area contributed by atoms with E-state index in [1.807, 2.05) is 13.0 Å². The average molecular weight is 410 g/mol. The third-order valence-corrected chi connectivity index (χ3v) is 7.27. The summed E-state index contributed by atoms with van der Waals surface area (Å²) in [6.45, 7) is 10.4. The molecule has 1 unspecified atom stereocenters. The number of amides is 1. The molecule has 0 bridgehead atoms. The van der Waals surface area contributed by atoms with Crippen molar-refractivity contribution in [3.8, 4) is 0 Å². The van der Waals surface area contributed by atoms with E-state index in [1.54, 1.807) is 4.90 Å². The third-order valence-electron chi connectivity index (χ3n) is 5.73. The molecule has 1 heterocycles.